The highest BCUT2D eigenvalue weighted by Gasteiger charge is 2.18. The minimum Gasteiger partial charge on any atom is -0.323 e. The summed E-state index contributed by atoms with van der Waals surface area (Å²) in [5.41, 5.74) is 6.62. The average molecular weight is 304 g/mol. The van der Waals surface area contributed by atoms with Gasteiger partial charge in [-0.2, -0.15) is 0 Å². The van der Waals surface area contributed by atoms with Crippen LogP contribution in [0.3, 0.4) is 0 Å². The van der Waals surface area contributed by atoms with Gasteiger partial charge in [0.25, 0.3) is 0 Å². The minimum absolute atomic E-state index is 0.189. The van der Waals surface area contributed by atoms with Crippen LogP contribution in [0.2, 0.25) is 0 Å². The topological polar surface area (TPSA) is 26.0 Å². The second kappa shape index (κ2) is 5.65. The summed E-state index contributed by atoms with van der Waals surface area (Å²) in [4.78, 5) is 1.28. The Morgan fingerprint density at radius 3 is 2.44 bits per heavy atom. The molecule has 0 radical (unpaired) electrons. The van der Waals surface area contributed by atoms with Crippen molar-refractivity contribution >= 4 is 27.3 Å². The Balaban J connectivity index is 2.48. The largest absolute Gasteiger partial charge is 0.323 e. The molecule has 0 aliphatic heterocycles. The quantitative estimate of drug-likeness (QED) is 0.834. The number of halogens is 1. The predicted octanol–water partition coefficient (Wildman–Crippen LogP) is 4.97. The monoisotopic (exact) mass is 303 g/mol. The third kappa shape index (κ3) is 4.98. The summed E-state index contributed by atoms with van der Waals surface area (Å²) in [5.74, 6) is 0.677. The van der Waals surface area contributed by atoms with Crippen molar-refractivity contribution in [3.63, 3.8) is 0 Å². The van der Waals surface area contributed by atoms with Crippen molar-refractivity contribution in [2.45, 2.75) is 46.6 Å². The van der Waals surface area contributed by atoms with E-state index < -0.39 is 0 Å². The maximum absolute atomic E-state index is 6.22. The molecule has 1 aromatic rings. The van der Waals surface area contributed by atoms with Gasteiger partial charge in [-0.25, -0.2) is 0 Å². The molecule has 0 spiro atoms. The molecule has 2 N–H and O–H groups in total. The number of thiophene rings is 1. The van der Waals surface area contributed by atoms with Crippen molar-refractivity contribution < 1.29 is 0 Å². The van der Waals surface area contributed by atoms with Gasteiger partial charge < -0.3 is 5.73 Å². The van der Waals surface area contributed by atoms with Crippen LogP contribution >= 0.6 is 27.3 Å². The van der Waals surface area contributed by atoms with Gasteiger partial charge in [0, 0.05) is 10.9 Å². The van der Waals surface area contributed by atoms with Crippen LogP contribution in [0.25, 0.3) is 0 Å². The second-order valence-corrected chi connectivity index (χ2v) is 8.35. The lowest BCUT2D eigenvalue weighted by Crippen LogP contribution is -2.17. The molecule has 0 saturated heterocycles. The lowest BCUT2D eigenvalue weighted by atomic mass is 9.83. The van der Waals surface area contributed by atoms with Crippen LogP contribution in [0.5, 0.6) is 0 Å². The van der Waals surface area contributed by atoms with Crippen molar-refractivity contribution in [3.05, 3.63) is 20.8 Å². The van der Waals surface area contributed by atoms with Gasteiger partial charge >= 0.3 is 0 Å². The smallest absolute Gasteiger partial charge is 0.0701 e. The molecule has 1 rings (SSSR count). The predicted molar refractivity (Wildman–Crippen MR) is 76.8 cm³/mol. The van der Waals surface area contributed by atoms with Gasteiger partial charge in [0.15, 0.2) is 0 Å². The summed E-state index contributed by atoms with van der Waals surface area (Å²) in [5, 5.41) is 0. The fourth-order valence-corrected chi connectivity index (χ4v) is 3.64. The van der Waals surface area contributed by atoms with Crippen molar-refractivity contribution in [2.75, 3.05) is 0 Å². The first-order chi connectivity index (χ1) is 7.28. The fraction of sp³-hybridized carbons (Fsp3) is 0.692. The van der Waals surface area contributed by atoms with Gasteiger partial charge in [-0.1, -0.05) is 27.7 Å². The molecule has 0 saturated carbocycles. The molecule has 0 amide bonds. The third-order valence-electron chi connectivity index (χ3n) is 2.58. The SMILES string of the molecule is CC(CC(N)c1ccc(Br)s1)CC(C)(C)C. The standard InChI is InChI=1S/C13H22BrNS/c1-9(8-13(2,3)4)7-10(15)11-5-6-12(14)16-11/h5-6,9-10H,7-8,15H2,1-4H3. The maximum atomic E-state index is 6.22. The van der Waals surface area contributed by atoms with Crippen molar-refractivity contribution in [3.8, 4) is 0 Å². The second-order valence-electron chi connectivity index (χ2n) is 5.85. The molecule has 2 unspecified atom stereocenters. The Labute approximate surface area is 112 Å². The van der Waals surface area contributed by atoms with E-state index in [1.54, 1.807) is 11.3 Å². The third-order valence-corrected chi connectivity index (χ3v) is 4.33. The van der Waals surface area contributed by atoms with Gasteiger partial charge in [0.2, 0.25) is 0 Å². The highest BCUT2D eigenvalue weighted by molar-refractivity contribution is 9.11. The zero-order valence-electron chi connectivity index (χ0n) is 10.6. The van der Waals surface area contributed by atoms with E-state index >= 15 is 0 Å². The lowest BCUT2D eigenvalue weighted by Gasteiger charge is -2.24. The van der Waals surface area contributed by atoms with E-state index in [0.717, 1.165) is 6.42 Å². The number of hydrogen-bond donors (Lipinski definition) is 1. The van der Waals surface area contributed by atoms with Crippen LogP contribution in [0, 0.1) is 11.3 Å². The highest BCUT2D eigenvalue weighted by atomic mass is 79.9. The van der Waals surface area contributed by atoms with Gasteiger partial charge in [-0.15, -0.1) is 11.3 Å². The molecule has 0 aliphatic carbocycles. The molecule has 3 heteroatoms. The number of hydrogen-bond acceptors (Lipinski definition) is 2. The van der Waals surface area contributed by atoms with Crippen LogP contribution in [-0.2, 0) is 0 Å². The first-order valence-electron chi connectivity index (χ1n) is 5.79. The van der Waals surface area contributed by atoms with Gasteiger partial charge in [0.1, 0.15) is 0 Å². The zero-order valence-corrected chi connectivity index (χ0v) is 13.0. The maximum Gasteiger partial charge on any atom is 0.0701 e. The first-order valence-corrected chi connectivity index (χ1v) is 7.40. The fourth-order valence-electron chi connectivity index (χ4n) is 2.21. The number of rotatable bonds is 4. The van der Waals surface area contributed by atoms with E-state index in [-0.39, 0.29) is 6.04 Å². The summed E-state index contributed by atoms with van der Waals surface area (Å²) in [7, 11) is 0. The summed E-state index contributed by atoms with van der Waals surface area (Å²) in [6.45, 7) is 9.16. The Hall–Kier alpha value is 0.140. The Morgan fingerprint density at radius 2 is 2.00 bits per heavy atom. The molecule has 1 nitrogen and oxygen atoms in total. The molecule has 1 heterocycles. The van der Waals surface area contributed by atoms with E-state index in [9.17, 15) is 0 Å². The van der Waals surface area contributed by atoms with Crippen molar-refractivity contribution in [1.82, 2.24) is 0 Å². The first kappa shape index (κ1) is 14.2. The van der Waals surface area contributed by atoms with Crippen LogP contribution in [0.15, 0.2) is 15.9 Å². The number of nitrogens with two attached hydrogens (primary N) is 1. The van der Waals surface area contributed by atoms with E-state index in [1.807, 2.05) is 0 Å². The van der Waals surface area contributed by atoms with E-state index in [2.05, 4.69) is 55.8 Å². The van der Waals surface area contributed by atoms with Crippen LogP contribution in [0.4, 0.5) is 0 Å². The van der Waals surface area contributed by atoms with Crippen molar-refractivity contribution in [2.24, 2.45) is 17.1 Å². The van der Waals surface area contributed by atoms with Crippen LogP contribution in [-0.4, -0.2) is 0 Å². The van der Waals surface area contributed by atoms with Gasteiger partial charge in [0.05, 0.1) is 3.79 Å². The molecular weight excluding hydrogens is 282 g/mol. The molecule has 92 valence electrons. The molecule has 0 fully saturated rings. The summed E-state index contributed by atoms with van der Waals surface area (Å²) >= 11 is 5.23. The van der Waals surface area contributed by atoms with Gasteiger partial charge in [-0.3, -0.25) is 0 Å². The Kier molecular flexibility index (Phi) is 5.02. The van der Waals surface area contributed by atoms with Crippen LogP contribution < -0.4 is 5.73 Å². The Bertz CT molecular complexity index is 327. The summed E-state index contributed by atoms with van der Waals surface area (Å²) in [6.07, 6.45) is 2.30. The highest BCUT2D eigenvalue weighted by Crippen LogP contribution is 2.33. The summed E-state index contributed by atoms with van der Waals surface area (Å²) < 4.78 is 1.17. The van der Waals surface area contributed by atoms with E-state index in [4.69, 9.17) is 5.73 Å². The minimum atomic E-state index is 0.189. The van der Waals surface area contributed by atoms with E-state index in [1.165, 1.54) is 15.1 Å². The molecule has 1 aromatic heterocycles. The van der Waals surface area contributed by atoms with Crippen molar-refractivity contribution in [1.29, 1.82) is 0 Å². The van der Waals surface area contributed by atoms with E-state index in [0.29, 0.717) is 11.3 Å². The summed E-state index contributed by atoms with van der Waals surface area (Å²) in [6, 6.07) is 4.39. The Morgan fingerprint density at radius 1 is 1.38 bits per heavy atom. The molecule has 2 atom stereocenters. The zero-order chi connectivity index (χ0) is 12.3. The lowest BCUT2D eigenvalue weighted by molar-refractivity contribution is 0.287. The molecule has 0 bridgehead atoms. The van der Waals surface area contributed by atoms with Gasteiger partial charge in [-0.05, 0) is 52.2 Å². The normalized spacial score (nSPS) is 16.1. The molecule has 0 aromatic carbocycles. The molecule has 16 heavy (non-hydrogen) atoms. The molecular formula is C13H22BrNS. The molecule has 0 aliphatic rings. The van der Waals surface area contributed by atoms with Crippen LogP contribution in [0.1, 0.15) is 51.5 Å². The average Bonchev–Trinajstić information content (AvgIpc) is 2.47.